The third kappa shape index (κ3) is 3.72. The molecule has 0 spiro atoms. The first kappa shape index (κ1) is 16.6. The molecule has 8 heteroatoms. The van der Waals surface area contributed by atoms with Crippen molar-refractivity contribution < 1.29 is 28.3 Å². The van der Waals surface area contributed by atoms with Gasteiger partial charge in [-0.15, -0.1) is 0 Å². The molecule has 0 aliphatic carbocycles. The van der Waals surface area contributed by atoms with Crippen LogP contribution in [0.15, 0.2) is 28.8 Å². The van der Waals surface area contributed by atoms with Crippen LogP contribution < -0.4 is 5.32 Å². The highest BCUT2D eigenvalue weighted by molar-refractivity contribution is 5.96. The van der Waals surface area contributed by atoms with Gasteiger partial charge >= 0.3 is 5.97 Å². The number of halogens is 1. The summed E-state index contributed by atoms with van der Waals surface area (Å²) in [6.45, 7) is 1.40. The topological polar surface area (TPSA) is 102 Å². The number of hydrogen-bond donors (Lipinski definition) is 2. The number of amides is 1. The van der Waals surface area contributed by atoms with Crippen molar-refractivity contribution in [3.05, 3.63) is 41.4 Å². The summed E-state index contributed by atoms with van der Waals surface area (Å²) in [6, 6.07) is 4.47. The van der Waals surface area contributed by atoms with Crippen molar-refractivity contribution in [3.8, 4) is 11.3 Å². The molecule has 2 aromatic rings. The maximum absolute atomic E-state index is 13.0. The fraction of sp³-hybridized carbons (Fsp3) is 0.267. The first-order valence-electron chi connectivity index (χ1n) is 6.71. The molecule has 0 unspecified atom stereocenters. The summed E-state index contributed by atoms with van der Waals surface area (Å²) in [7, 11) is 1.37. The van der Waals surface area contributed by atoms with E-state index in [-0.39, 0.29) is 23.6 Å². The zero-order chi connectivity index (χ0) is 17.0. The van der Waals surface area contributed by atoms with Gasteiger partial charge in [0.2, 0.25) is 5.91 Å². The Hall–Kier alpha value is -2.74. The average Bonchev–Trinajstić information content (AvgIpc) is 2.93. The molecule has 0 saturated heterocycles. The predicted octanol–water partition coefficient (Wildman–Crippen LogP) is 2.00. The van der Waals surface area contributed by atoms with Crippen LogP contribution in [0.25, 0.3) is 11.3 Å². The Morgan fingerprint density at radius 1 is 1.39 bits per heavy atom. The van der Waals surface area contributed by atoms with Gasteiger partial charge in [-0.2, -0.15) is 0 Å². The first-order valence-corrected chi connectivity index (χ1v) is 6.71. The van der Waals surface area contributed by atoms with Crippen molar-refractivity contribution in [2.24, 2.45) is 0 Å². The van der Waals surface area contributed by atoms with E-state index in [0.29, 0.717) is 5.56 Å². The molecule has 0 bridgehead atoms. The molecule has 1 aromatic heterocycles. The van der Waals surface area contributed by atoms with Crippen LogP contribution in [0.1, 0.15) is 29.1 Å². The van der Waals surface area contributed by atoms with Gasteiger partial charge in [-0.1, -0.05) is 5.16 Å². The van der Waals surface area contributed by atoms with Crippen molar-refractivity contribution in [2.75, 3.05) is 13.7 Å². The maximum atomic E-state index is 13.0. The third-order valence-corrected chi connectivity index (χ3v) is 3.10. The highest BCUT2D eigenvalue weighted by Gasteiger charge is 2.27. The van der Waals surface area contributed by atoms with Crippen molar-refractivity contribution in [3.63, 3.8) is 0 Å². The number of carboxylic acid groups (broad SMARTS) is 1. The number of benzene rings is 1. The van der Waals surface area contributed by atoms with E-state index < -0.39 is 23.7 Å². The number of nitrogens with zero attached hydrogens (tertiary/aromatic N) is 1. The zero-order valence-electron chi connectivity index (χ0n) is 12.5. The molecule has 0 saturated carbocycles. The molecule has 1 atom stereocenters. The average molecular weight is 322 g/mol. The second-order valence-electron chi connectivity index (χ2n) is 4.80. The molecule has 1 heterocycles. The fourth-order valence-electron chi connectivity index (χ4n) is 2.09. The smallest absolute Gasteiger partial charge is 0.341 e. The second-order valence-corrected chi connectivity index (χ2v) is 4.80. The third-order valence-electron chi connectivity index (χ3n) is 3.10. The number of rotatable bonds is 6. The van der Waals surface area contributed by atoms with Crippen LogP contribution in [-0.4, -0.2) is 35.9 Å². The Morgan fingerprint density at radius 3 is 2.61 bits per heavy atom. The predicted molar refractivity (Wildman–Crippen MR) is 77.3 cm³/mol. The minimum atomic E-state index is -1.26. The Bertz CT molecular complexity index is 711. The van der Waals surface area contributed by atoms with Crippen LogP contribution >= 0.6 is 0 Å². The summed E-state index contributed by atoms with van der Waals surface area (Å²) in [5.74, 6) is -2.12. The van der Waals surface area contributed by atoms with Crippen LogP contribution in [-0.2, 0) is 9.53 Å². The van der Waals surface area contributed by atoms with Crippen molar-refractivity contribution in [1.82, 2.24) is 10.5 Å². The van der Waals surface area contributed by atoms with Gasteiger partial charge < -0.3 is 19.7 Å². The van der Waals surface area contributed by atoms with Gasteiger partial charge in [0, 0.05) is 12.7 Å². The normalized spacial score (nSPS) is 12.0. The lowest BCUT2D eigenvalue weighted by molar-refractivity contribution is -0.125. The molecule has 1 amide bonds. The monoisotopic (exact) mass is 322 g/mol. The molecule has 0 radical (unpaired) electrons. The molecular formula is C15H15FN2O5. The maximum Gasteiger partial charge on any atom is 0.341 e. The van der Waals surface area contributed by atoms with Crippen LogP contribution in [0, 0.1) is 5.82 Å². The van der Waals surface area contributed by atoms with E-state index in [2.05, 4.69) is 10.5 Å². The Balaban J connectivity index is 2.37. The minimum Gasteiger partial charge on any atom is -0.477 e. The number of carboxylic acids is 1. The summed E-state index contributed by atoms with van der Waals surface area (Å²) in [6.07, 6.45) is 0. The summed E-state index contributed by atoms with van der Waals surface area (Å²) < 4.78 is 22.8. The summed E-state index contributed by atoms with van der Waals surface area (Å²) >= 11 is 0. The zero-order valence-corrected chi connectivity index (χ0v) is 12.5. The summed E-state index contributed by atoms with van der Waals surface area (Å²) in [4.78, 5) is 23.1. The molecule has 7 nitrogen and oxygen atoms in total. The van der Waals surface area contributed by atoms with Crippen LogP contribution in [0.3, 0.4) is 0 Å². The van der Waals surface area contributed by atoms with Gasteiger partial charge in [0.1, 0.15) is 23.7 Å². The first-order chi connectivity index (χ1) is 10.9. The van der Waals surface area contributed by atoms with Gasteiger partial charge in [0.05, 0.1) is 6.04 Å². The lowest BCUT2D eigenvalue weighted by Crippen LogP contribution is -2.30. The highest BCUT2D eigenvalue weighted by Crippen LogP contribution is 2.29. The van der Waals surface area contributed by atoms with Gasteiger partial charge in [-0.3, -0.25) is 4.79 Å². The molecule has 23 heavy (non-hydrogen) atoms. The van der Waals surface area contributed by atoms with E-state index in [1.54, 1.807) is 6.92 Å². The van der Waals surface area contributed by atoms with Crippen molar-refractivity contribution in [1.29, 1.82) is 0 Å². The molecule has 1 aromatic carbocycles. The van der Waals surface area contributed by atoms with Crippen LogP contribution in [0.4, 0.5) is 4.39 Å². The van der Waals surface area contributed by atoms with Gasteiger partial charge in [0.15, 0.2) is 5.76 Å². The van der Waals surface area contributed by atoms with Gasteiger partial charge in [-0.05, 0) is 31.2 Å². The van der Waals surface area contributed by atoms with E-state index >= 15 is 0 Å². The molecule has 0 aliphatic rings. The summed E-state index contributed by atoms with van der Waals surface area (Å²) in [5, 5.41) is 15.7. The Labute approximate surface area is 131 Å². The Morgan fingerprint density at radius 2 is 2.04 bits per heavy atom. The standard InChI is InChI=1S/C15H15FN2O5/c1-8(17-11(19)7-22-2)14-12(15(20)21)13(18-23-14)9-3-5-10(16)6-4-9/h3-6,8H,7H2,1-2H3,(H,17,19)(H,20,21)/t8-/m1/s1. The number of aromatic nitrogens is 1. The number of aromatic carboxylic acids is 1. The lowest BCUT2D eigenvalue weighted by atomic mass is 10.0. The molecule has 122 valence electrons. The molecular weight excluding hydrogens is 307 g/mol. The quantitative estimate of drug-likeness (QED) is 0.843. The number of carbonyl (C=O) groups is 2. The van der Waals surface area contributed by atoms with Gasteiger partial charge in [-0.25, -0.2) is 9.18 Å². The molecule has 0 aliphatic heterocycles. The number of nitrogens with one attached hydrogen (secondary N) is 1. The molecule has 0 fully saturated rings. The van der Waals surface area contributed by atoms with Crippen LogP contribution in [0.5, 0.6) is 0 Å². The lowest BCUT2D eigenvalue weighted by Gasteiger charge is -2.11. The number of ether oxygens (including phenoxy) is 1. The number of methoxy groups -OCH3 is 1. The van der Waals surface area contributed by atoms with Crippen LogP contribution in [0.2, 0.25) is 0 Å². The van der Waals surface area contributed by atoms with Crippen molar-refractivity contribution in [2.45, 2.75) is 13.0 Å². The van der Waals surface area contributed by atoms with E-state index in [4.69, 9.17) is 9.26 Å². The molecule has 2 N–H and O–H groups in total. The van der Waals surface area contributed by atoms with E-state index in [0.717, 1.165) is 0 Å². The van der Waals surface area contributed by atoms with Crippen molar-refractivity contribution >= 4 is 11.9 Å². The van der Waals surface area contributed by atoms with E-state index in [9.17, 15) is 19.1 Å². The fourth-order valence-corrected chi connectivity index (χ4v) is 2.09. The number of hydrogen-bond acceptors (Lipinski definition) is 5. The SMILES string of the molecule is COCC(=O)N[C@H](C)c1onc(-c2ccc(F)cc2)c1C(=O)O. The number of carbonyl (C=O) groups excluding carboxylic acids is 1. The van der Waals surface area contributed by atoms with E-state index in [1.165, 1.54) is 31.4 Å². The highest BCUT2D eigenvalue weighted by atomic mass is 19.1. The Kier molecular flexibility index (Phi) is 5.07. The van der Waals surface area contributed by atoms with E-state index in [1.807, 2.05) is 0 Å². The summed E-state index contributed by atoms with van der Waals surface area (Å²) in [5.41, 5.74) is 0.288. The second kappa shape index (κ2) is 7.01. The van der Waals surface area contributed by atoms with Gasteiger partial charge in [0.25, 0.3) is 0 Å². The minimum absolute atomic E-state index is 0.00118. The largest absolute Gasteiger partial charge is 0.477 e. The molecule has 2 rings (SSSR count).